The molecular formula is C17H18ClF3N6O. The van der Waals surface area contributed by atoms with Gasteiger partial charge in [-0.05, 0) is 18.6 Å². The number of aliphatic imine (C=N–C) groups is 1. The topological polar surface area (TPSA) is 108 Å². The van der Waals surface area contributed by atoms with E-state index in [4.69, 9.17) is 17.3 Å². The molecule has 5 N–H and O–H groups in total. The van der Waals surface area contributed by atoms with Gasteiger partial charge in [-0.3, -0.25) is 9.79 Å². The van der Waals surface area contributed by atoms with Gasteiger partial charge in [0.25, 0.3) is 0 Å². The highest BCUT2D eigenvalue weighted by Crippen LogP contribution is 2.24. The lowest BCUT2D eigenvalue weighted by Crippen LogP contribution is -2.45. The molecule has 1 amide bonds. The van der Waals surface area contributed by atoms with Crippen LogP contribution in [0.2, 0.25) is 5.02 Å². The zero-order valence-corrected chi connectivity index (χ0v) is 15.5. The number of fused-ring (bicyclic) bond motifs is 1. The van der Waals surface area contributed by atoms with E-state index in [-0.39, 0.29) is 5.82 Å². The molecule has 2 heterocycles. The van der Waals surface area contributed by atoms with Crippen LogP contribution in [-0.2, 0) is 4.79 Å². The number of allylic oxidation sites excluding steroid dienone is 1. The number of alkyl halides is 3. The molecule has 1 atom stereocenters. The van der Waals surface area contributed by atoms with Gasteiger partial charge >= 0.3 is 6.18 Å². The van der Waals surface area contributed by atoms with Crippen molar-refractivity contribution in [2.45, 2.75) is 19.1 Å². The van der Waals surface area contributed by atoms with Crippen LogP contribution in [0, 0.1) is 0 Å². The predicted molar refractivity (Wildman–Crippen MR) is 103 cm³/mol. The third-order valence-corrected chi connectivity index (χ3v) is 3.73. The van der Waals surface area contributed by atoms with E-state index in [1.165, 1.54) is 25.5 Å². The van der Waals surface area contributed by atoms with Crippen LogP contribution >= 0.6 is 11.6 Å². The van der Waals surface area contributed by atoms with Gasteiger partial charge in [0.1, 0.15) is 24.1 Å². The van der Waals surface area contributed by atoms with Crippen molar-refractivity contribution in [1.82, 2.24) is 20.6 Å². The monoisotopic (exact) mass is 414 g/mol. The first kappa shape index (κ1) is 21.3. The SMILES string of the molecule is C=C(C=N/C=C(\N)N[C@H](C)C(=O)NCC(F)(F)F)c1c[nH]c2ncc(Cl)cc12. The molecule has 2 aromatic heterocycles. The van der Waals surface area contributed by atoms with Crippen molar-refractivity contribution >= 4 is 40.3 Å². The van der Waals surface area contributed by atoms with Crippen molar-refractivity contribution < 1.29 is 18.0 Å². The predicted octanol–water partition coefficient (Wildman–Crippen LogP) is 2.71. The van der Waals surface area contributed by atoms with Crippen LogP contribution in [0.15, 0.2) is 42.1 Å². The Balaban J connectivity index is 1.96. The molecule has 0 aromatic carbocycles. The summed E-state index contributed by atoms with van der Waals surface area (Å²) in [6.07, 6.45) is 1.40. The van der Waals surface area contributed by atoms with E-state index in [1.54, 1.807) is 17.6 Å². The fraction of sp³-hybridized carbons (Fsp3) is 0.235. The Bertz CT molecular complexity index is 935. The zero-order valence-electron chi connectivity index (χ0n) is 14.8. The number of aromatic amines is 1. The third kappa shape index (κ3) is 6.02. The summed E-state index contributed by atoms with van der Waals surface area (Å²) in [7, 11) is 0. The molecule has 0 aliphatic carbocycles. The molecule has 0 saturated carbocycles. The molecule has 0 fully saturated rings. The fourth-order valence-corrected chi connectivity index (χ4v) is 2.37. The molecule has 0 unspecified atom stereocenters. The van der Waals surface area contributed by atoms with Crippen LogP contribution in [0.25, 0.3) is 16.6 Å². The summed E-state index contributed by atoms with van der Waals surface area (Å²) in [5, 5.41) is 5.55. The van der Waals surface area contributed by atoms with E-state index < -0.39 is 24.7 Å². The Hall–Kier alpha value is -3.01. The van der Waals surface area contributed by atoms with Gasteiger partial charge in [0.05, 0.1) is 11.2 Å². The van der Waals surface area contributed by atoms with Crippen LogP contribution in [0.1, 0.15) is 12.5 Å². The van der Waals surface area contributed by atoms with Crippen LogP contribution in [0.5, 0.6) is 0 Å². The molecule has 28 heavy (non-hydrogen) atoms. The van der Waals surface area contributed by atoms with Crippen LogP contribution in [0.4, 0.5) is 13.2 Å². The number of nitrogens with one attached hydrogen (secondary N) is 3. The largest absolute Gasteiger partial charge is 0.405 e. The number of pyridine rings is 1. The minimum atomic E-state index is -4.48. The Kier molecular flexibility index (Phi) is 6.68. The molecule has 7 nitrogen and oxygen atoms in total. The van der Waals surface area contributed by atoms with Crippen LogP contribution in [0.3, 0.4) is 0 Å². The average Bonchev–Trinajstić information content (AvgIpc) is 3.01. The molecule has 0 spiro atoms. The Morgan fingerprint density at radius 3 is 2.93 bits per heavy atom. The molecule has 2 aromatic rings. The molecule has 0 aliphatic rings. The quantitative estimate of drug-likeness (QED) is 0.522. The van der Waals surface area contributed by atoms with E-state index in [1.807, 2.05) is 0 Å². The lowest BCUT2D eigenvalue weighted by molar-refractivity contribution is -0.139. The number of nitrogens with zero attached hydrogens (tertiary/aromatic N) is 2. The average molecular weight is 415 g/mol. The minimum Gasteiger partial charge on any atom is -0.384 e. The van der Waals surface area contributed by atoms with Gasteiger partial charge in [0.2, 0.25) is 5.91 Å². The second-order valence-corrected chi connectivity index (χ2v) is 6.28. The van der Waals surface area contributed by atoms with Crippen LogP contribution in [-0.4, -0.2) is 40.9 Å². The molecule has 150 valence electrons. The van der Waals surface area contributed by atoms with Crippen LogP contribution < -0.4 is 16.4 Å². The Morgan fingerprint density at radius 2 is 2.25 bits per heavy atom. The summed E-state index contributed by atoms with van der Waals surface area (Å²) in [5.74, 6) is -0.840. The number of amides is 1. The standard InChI is InChI=1S/C17H18ClF3N6O/c1-9(13-6-25-15-12(13)3-11(18)5-24-15)4-23-7-14(22)27-10(2)16(28)26-8-17(19,20)21/h3-7,10,27H,1,8,22H2,2H3,(H,24,25)(H,26,28)/b14-7+,23-4?/t10-/m1/s1. The van der Waals surface area contributed by atoms with Crippen molar-refractivity contribution in [2.75, 3.05) is 6.54 Å². The maximum Gasteiger partial charge on any atom is 0.405 e. The molecule has 0 saturated heterocycles. The number of aromatic nitrogens is 2. The van der Waals surface area contributed by atoms with Gasteiger partial charge in [-0.25, -0.2) is 4.98 Å². The number of carbonyl (C=O) groups excluding carboxylic acids is 1. The van der Waals surface area contributed by atoms with E-state index in [0.717, 1.165) is 10.9 Å². The number of H-pyrrole nitrogens is 1. The van der Waals surface area contributed by atoms with Crippen molar-refractivity contribution in [2.24, 2.45) is 10.7 Å². The van der Waals surface area contributed by atoms with Gasteiger partial charge in [-0.1, -0.05) is 18.2 Å². The van der Waals surface area contributed by atoms with Gasteiger partial charge in [-0.15, -0.1) is 0 Å². The molecule has 2 rings (SSSR count). The van der Waals surface area contributed by atoms with Crippen molar-refractivity contribution in [3.63, 3.8) is 0 Å². The number of nitrogens with two attached hydrogens (primary N) is 1. The van der Waals surface area contributed by atoms with Gasteiger partial charge < -0.3 is 21.4 Å². The third-order valence-electron chi connectivity index (χ3n) is 3.53. The van der Waals surface area contributed by atoms with Crippen molar-refractivity contribution in [1.29, 1.82) is 0 Å². The first-order valence-electron chi connectivity index (χ1n) is 7.98. The fourth-order valence-electron chi connectivity index (χ4n) is 2.21. The highest BCUT2D eigenvalue weighted by atomic mass is 35.5. The molecule has 0 bridgehead atoms. The highest BCUT2D eigenvalue weighted by molar-refractivity contribution is 6.31. The smallest absolute Gasteiger partial charge is 0.384 e. The molecule has 0 aliphatic heterocycles. The van der Waals surface area contributed by atoms with Gasteiger partial charge in [0, 0.05) is 29.6 Å². The van der Waals surface area contributed by atoms with E-state index in [0.29, 0.717) is 16.2 Å². The first-order valence-corrected chi connectivity index (χ1v) is 8.36. The van der Waals surface area contributed by atoms with Gasteiger partial charge in [0.15, 0.2) is 0 Å². The molecular weight excluding hydrogens is 397 g/mol. The summed E-state index contributed by atoms with van der Waals surface area (Å²) in [6.45, 7) is 3.87. The Morgan fingerprint density at radius 1 is 1.54 bits per heavy atom. The van der Waals surface area contributed by atoms with Gasteiger partial charge in [-0.2, -0.15) is 13.2 Å². The molecule has 0 radical (unpaired) electrons. The van der Waals surface area contributed by atoms with Crippen molar-refractivity contribution in [3.8, 4) is 0 Å². The summed E-state index contributed by atoms with van der Waals surface area (Å²) in [5.41, 5.74) is 7.62. The van der Waals surface area contributed by atoms with Crippen molar-refractivity contribution in [3.05, 3.63) is 47.6 Å². The number of hydrogen-bond acceptors (Lipinski definition) is 5. The summed E-state index contributed by atoms with van der Waals surface area (Å²) < 4.78 is 36.3. The normalized spacial score (nSPS) is 13.7. The molecule has 11 heteroatoms. The number of halogens is 4. The van der Waals surface area contributed by atoms with E-state index in [9.17, 15) is 18.0 Å². The summed E-state index contributed by atoms with van der Waals surface area (Å²) >= 11 is 5.95. The number of hydrogen-bond donors (Lipinski definition) is 4. The zero-order chi connectivity index (χ0) is 20.9. The first-order chi connectivity index (χ1) is 13.1. The summed E-state index contributed by atoms with van der Waals surface area (Å²) in [4.78, 5) is 22.7. The second kappa shape index (κ2) is 8.79. The maximum absolute atomic E-state index is 12.1. The maximum atomic E-state index is 12.1. The highest BCUT2D eigenvalue weighted by Gasteiger charge is 2.28. The Labute approximate surface area is 163 Å². The second-order valence-electron chi connectivity index (χ2n) is 5.84. The van der Waals surface area contributed by atoms with E-state index in [2.05, 4.69) is 26.9 Å². The summed E-state index contributed by atoms with van der Waals surface area (Å²) in [6, 6.07) is 0.765. The van der Waals surface area contributed by atoms with E-state index >= 15 is 0 Å². The number of rotatable bonds is 7. The lowest BCUT2D eigenvalue weighted by atomic mass is 10.1. The lowest BCUT2D eigenvalue weighted by Gasteiger charge is -2.15. The number of carbonyl (C=O) groups is 1. The minimum absolute atomic E-state index is 0.00217.